The van der Waals surface area contributed by atoms with Crippen LogP contribution < -0.4 is 11.3 Å². The molecule has 6 heterocycles. The highest BCUT2D eigenvalue weighted by Gasteiger charge is 2.21. The van der Waals surface area contributed by atoms with Crippen molar-refractivity contribution in [3.8, 4) is 34.0 Å². The number of rotatable bonds is 8. The second kappa shape index (κ2) is 12.3. The Hall–Kier alpha value is -6.38. The average molecular weight is 689 g/mol. The Morgan fingerprint density at radius 1 is 0.673 bits per heavy atom. The molecule has 8 aromatic rings. The summed E-state index contributed by atoms with van der Waals surface area (Å²) in [6.07, 6.45) is 6.45. The number of aromatic hydroxyl groups is 2. The Bertz CT molecular complexity index is 2480. The number of hydrogen-bond donors (Lipinski definition) is 2. The molecule has 2 N–H and O–H groups in total. The highest BCUT2D eigenvalue weighted by atomic mass is 32.1. The fourth-order valence-corrected chi connectivity index (χ4v) is 6.52. The summed E-state index contributed by atoms with van der Waals surface area (Å²) in [5, 5.41) is 27.1. The van der Waals surface area contributed by atoms with Gasteiger partial charge in [-0.05, 0) is 66.1 Å². The van der Waals surface area contributed by atoms with E-state index in [2.05, 4.69) is 20.0 Å². The Labute approximate surface area is 282 Å². The monoisotopic (exact) mass is 688 g/mol. The zero-order chi connectivity index (χ0) is 33.5. The normalized spacial score (nSPS) is 11.9. The van der Waals surface area contributed by atoms with Crippen LogP contribution in [-0.2, 0) is 6.42 Å². The van der Waals surface area contributed by atoms with Crippen LogP contribution in [0.4, 0.5) is 10.3 Å². The van der Waals surface area contributed by atoms with E-state index in [1.54, 1.807) is 71.4 Å². The number of fused-ring (bicyclic) bond motifs is 2. The van der Waals surface area contributed by atoms with E-state index in [0.717, 1.165) is 11.1 Å². The first-order valence-electron chi connectivity index (χ1n) is 14.5. The summed E-state index contributed by atoms with van der Waals surface area (Å²) in [7, 11) is 0. The molecule has 49 heavy (non-hydrogen) atoms. The zero-order valence-electron chi connectivity index (χ0n) is 24.9. The van der Waals surface area contributed by atoms with Crippen molar-refractivity contribution in [1.29, 1.82) is 0 Å². The Morgan fingerprint density at radius 2 is 1.14 bits per heavy atom. The summed E-state index contributed by atoms with van der Waals surface area (Å²) in [5.41, 5.74) is 0.819. The average Bonchev–Trinajstić information content (AvgIpc) is 3.93. The lowest BCUT2D eigenvalue weighted by molar-refractivity contribution is 0.470. The maximum atomic E-state index is 12.9. The Morgan fingerprint density at radius 3 is 1.57 bits per heavy atom. The predicted octanol–water partition coefficient (Wildman–Crippen LogP) is 7.84. The third-order valence-corrected chi connectivity index (χ3v) is 8.98. The third kappa shape index (κ3) is 5.86. The zero-order valence-corrected chi connectivity index (χ0v) is 26.5. The van der Waals surface area contributed by atoms with Crippen LogP contribution in [0.1, 0.15) is 22.6 Å². The number of furan rings is 2. The van der Waals surface area contributed by atoms with Gasteiger partial charge < -0.3 is 27.9 Å². The first-order valence-corrected chi connectivity index (χ1v) is 16.3. The van der Waals surface area contributed by atoms with Crippen molar-refractivity contribution < 1.29 is 27.9 Å². The molecular formula is C35H20N4O8S2. The van der Waals surface area contributed by atoms with E-state index < -0.39 is 11.3 Å². The smallest absolute Gasteiger partial charge is 0.349 e. The Balaban J connectivity index is 1.09. The van der Waals surface area contributed by atoms with Crippen molar-refractivity contribution in [2.45, 2.75) is 6.42 Å². The SMILES string of the molecule is O=c1oc2ccc(Cc3ccc4oc(=O)c(-c5csc(/N=C/c6ccco6)n5)c(O)c4c3)cc2c(O)c1-c1csc(/N=C\c2ccco2)n1. The standard InChI is InChI=1S/C35H20N4O8S2/c40-30-22-12-18(5-7-26(22)46-32(42)28(30)24-16-48-34(38-24)36-14-20-3-1-9-44-20)11-19-6-8-27-23(13-19)31(41)29(33(43)47-27)25-17-49-35(39-25)37-15-21-4-2-10-45-21/h1-10,12-17,40-41H,11H2/b36-14-,37-15+. The largest absolute Gasteiger partial charge is 0.506 e. The fraction of sp³-hybridized carbons (Fsp3) is 0.0286. The number of thiazole rings is 2. The van der Waals surface area contributed by atoms with E-state index in [1.165, 1.54) is 47.6 Å². The van der Waals surface area contributed by atoms with Crippen molar-refractivity contribution in [3.05, 3.63) is 127 Å². The highest BCUT2D eigenvalue weighted by molar-refractivity contribution is 7.14. The molecule has 2 aromatic carbocycles. The van der Waals surface area contributed by atoms with Crippen LogP contribution in [-0.4, -0.2) is 32.6 Å². The lowest BCUT2D eigenvalue weighted by Gasteiger charge is -2.09. The first-order chi connectivity index (χ1) is 23.9. The minimum Gasteiger partial charge on any atom is -0.506 e. The summed E-state index contributed by atoms with van der Waals surface area (Å²) < 4.78 is 21.6. The molecule has 0 saturated heterocycles. The molecule has 0 fully saturated rings. The molecule has 240 valence electrons. The molecule has 0 spiro atoms. The van der Waals surface area contributed by atoms with Crippen LogP contribution in [0.3, 0.4) is 0 Å². The summed E-state index contributed by atoms with van der Waals surface area (Å²) in [6, 6.07) is 17.2. The third-order valence-electron chi connectivity index (χ3n) is 7.48. The molecule has 6 aromatic heterocycles. The number of hydrogen-bond acceptors (Lipinski definition) is 14. The molecule has 14 heteroatoms. The van der Waals surface area contributed by atoms with Gasteiger partial charge in [0.15, 0.2) is 0 Å². The van der Waals surface area contributed by atoms with E-state index in [0.29, 0.717) is 39.0 Å². The van der Waals surface area contributed by atoms with E-state index >= 15 is 0 Å². The van der Waals surface area contributed by atoms with Crippen molar-refractivity contribution in [2.24, 2.45) is 9.98 Å². The maximum Gasteiger partial charge on any atom is 0.349 e. The van der Waals surface area contributed by atoms with Crippen LogP contribution in [0.15, 0.2) is 121 Å². The van der Waals surface area contributed by atoms with Gasteiger partial charge in [0.1, 0.15) is 45.3 Å². The van der Waals surface area contributed by atoms with Crippen molar-refractivity contribution >= 4 is 67.3 Å². The van der Waals surface area contributed by atoms with E-state index in [9.17, 15) is 19.8 Å². The summed E-state index contributed by atoms with van der Waals surface area (Å²) >= 11 is 2.39. The van der Waals surface area contributed by atoms with Gasteiger partial charge in [-0.25, -0.2) is 29.5 Å². The maximum absolute atomic E-state index is 12.9. The van der Waals surface area contributed by atoms with Crippen LogP contribution in [0.2, 0.25) is 0 Å². The van der Waals surface area contributed by atoms with Gasteiger partial charge in [-0.15, -0.1) is 22.7 Å². The molecule has 8 rings (SSSR count). The molecule has 12 nitrogen and oxygen atoms in total. The van der Waals surface area contributed by atoms with Crippen LogP contribution in [0.25, 0.3) is 44.5 Å². The summed E-state index contributed by atoms with van der Waals surface area (Å²) in [4.78, 5) is 43.1. The lowest BCUT2D eigenvalue weighted by Crippen LogP contribution is -2.04. The van der Waals surface area contributed by atoms with Gasteiger partial charge in [-0.1, -0.05) is 12.1 Å². The van der Waals surface area contributed by atoms with Gasteiger partial charge in [0.2, 0.25) is 10.3 Å². The van der Waals surface area contributed by atoms with Crippen molar-refractivity contribution in [3.63, 3.8) is 0 Å². The molecule has 0 radical (unpaired) electrons. The molecule has 0 bridgehead atoms. The molecular weight excluding hydrogens is 669 g/mol. The van der Waals surface area contributed by atoms with Crippen LogP contribution in [0, 0.1) is 0 Å². The van der Waals surface area contributed by atoms with Gasteiger partial charge in [0.05, 0.1) is 47.1 Å². The van der Waals surface area contributed by atoms with Crippen LogP contribution in [0.5, 0.6) is 11.5 Å². The van der Waals surface area contributed by atoms with Gasteiger partial charge in [-0.3, -0.25) is 0 Å². The molecule has 0 atom stereocenters. The number of benzene rings is 2. The molecule has 0 aliphatic carbocycles. The van der Waals surface area contributed by atoms with Gasteiger partial charge in [0.25, 0.3) is 0 Å². The number of nitrogens with zero attached hydrogens (tertiary/aromatic N) is 4. The first kappa shape index (κ1) is 30.0. The molecule has 0 aliphatic rings. The highest BCUT2D eigenvalue weighted by Crippen LogP contribution is 2.38. The van der Waals surface area contributed by atoms with Gasteiger partial charge in [-0.2, -0.15) is 0 Å². The second-order valence-corrected chi connectivity index (χ2v) is 12.3. The van der Waals surface area contributed by atoms with E-state index in [-0.39, 0.29) is 45.2 Å². The fourth-order valence-electron chi connectivity index (χ4n) is 5.22. The van der Waals surface area contributed by atoms with E-state index in [1.807, 2.05) is 0 Å². The summed E-state index contributed by atoms with van der Waals surface area (Å²) in [6.45, 7) is 0. The van der Waals surface area contributed by atoms with Crippen molar-refractivity contribution in [1.82, 2.24) is 9.97 Å². The second-order valence-electron chi connectivity index (χ2n) is 10.6. The predicted molar refractivity (Wildman–Crippen MR) is 185 cm³/mol. The minimum atomic E-state index is -0.733. The lowest BCUT2D eigenvalue weighted by atomic mass is 10.00. The van der Waals surface area contributed by atoms with Crippen LogP contribution >= 0.6 is 22.7 Å². The van der Waals surface area contributed by atoms with E-state index in [4.69, 9.17) is 17.7 Å². The summed E-state index contributed by atoms with van der Waals surface area (Å²) in [5.74, 6) is 0.563. The molecule has 0 unspecified atom stereocenters. The molecule has 0 saturated carbocycles. The minimum absolute atomic E-state index is 0.0737. The Kier molecular flexibility index (Phi) is 7.55. The molecule has 0 amide bonds. The van der Waals surface area contributed by atoms with Gasteiger partial charge >= 0.3 is 11.3 Å². The topological polar surface area (TPSA) is 178 Å². The quantitative estimate of drug-likeness (QED) is 0.118. The van der Waals surface area contributed by atoms with Crippen molar-refractivity contribution in [2.75, 3.05) is 0 Å². The van der Waals surface area contributed by atoms with Gasteiger partial charge in [0, 0.05) is 10.8 Å². The molecule has 0 aliphatic heterocycles. The number of aliphatic imine (C=N–C) groups is 2. The number of aromatic nitrogens is 2.